The SMILES string of the molecule is C[C@H](N)C(=O)O.N=C(N)N. The first-order valence-corrected chi connectivity index (χ1v) is 2.45. The van der Waals surface area contributed by atoms with Crippen molar-refractivity contribution >= 4 is 11.9 Å². The zero-order valence-electron chi connectivity index (χ0n) is 5.66. The molecule has 8 N–H and O–H groups in total. The number of carboxylic acids is 1. The number of aliphatic carboxylic acids is 1. The monoisotopic (exact) mass is 148 g/mol. The smallest absolute Gasteiger partial charge is 0.320 e. The molecular formula is C4H12N4O2. The molecule has 0 aromatic rings. The highest BCUT2D eigenvalue weighted by atomic mass is 16.4. The Bertz CT molecular complexity index is 118. The molecule has 0 rings (SSSR count). The van der Waals surface area contributed by atoms with E-state index in [0.717, 1.165) is 0 Å². The summed E-state index contributed by atoms with van der Waals surface area (Å²) in [5.74, 6) is -1.30. The summed E-state index contributed by atoms with van der Waals surface area (Å²) in [5, 5.41) is 13.9. The van der Waals surface area contributed by atoms with Gasteiger partial charge in [-0.2, -0.15) is 0 Å². The molecule has 6 nitrogen and oxygen atoms in total. The number of carbonyl (C=O) groups is 1. The molecule has 0 saturated carbocycles. The number of nitrogens with one attached hydrogen (secondary N) is 1. The van der Waals surface area contributed by atoms with Gasteiger partial charge in [-0.3, -0.25) is 10.2 Å². The molecular weight excluding hydrogens is 136 g/mol. The molecule has 0 unspecified atom stereocenters. The number of nitrogens with two attached hydrogens (primary N) is 3. The van der Waals surface area contributed by atoms with Crippen molar-refractivity contribution < 1.29 is 9.90 Å². The lowest BCUT2D eigenvalue weighted by Gasteiger charge is -1.90. The fourth-order valence-corrected chi connectivity index (χ4v) is 0. The molecule has 0 aromatic heterocycles. The van der Waals surface area contributed by atoms with Crippen LogP contribution in [0.25, 0.3) is 0 Å². The lowest BCUT2D eigenvalue weighted by molar-refractivity contribution is -0.138. The molecule has 0 aromatic carbocycles. The summed E-state index contributed by atoms with van der Waals surface area (Å²) in [6, 6.07) is -0.731. The maximum Gasteiger partial charge on any atom is 0.320 e. The normalized spacial score (nSPS) is 10.6. The molecule has 0 amide bonds. The minimum atomic E-state index is -0.963. The Morgan fingerprint density at radius 3 is 1.70 bits per heavy atom. The second-order valence-corrected chi connectivity index (χ2v) is 1.58. The highest BCUT2D eigenvalue weighted by Gasteiger charge is 1.99. The predicted octanol–water partition coefficient (Wildman–Crippen LogP) is -1.74. The standard InChI is InChI=1S/C3H7NO2.CH5N3/c1-2(4)3(5)6;2-1(3)4/h2H,4H2,1H3,(H,5,6);(H5,2,3,4)/t2-;/m0./s1. The van der Waals surface area contributed by atoms with Gasteiger partial charge in [-0.25, -0.2) is 0 Å². The number of hydrogen-bond donors (Lipinski definition) is 5. The number of guanidine groups is 1. The molecule has 0 aliphatic heterocycles. The molecule has 60 valence electrons. The average molecular weight is 148 g/mol. The zero-order chi connectivity index (χ0) is 8.73. The molecule has 0 radical (unpaired) electrons. The van der Waals surface area contributed by atoms with Gasteiger partial charge in [0.15, 0.2) is 5.96 Å². The van der Waals surface area contributed by atoms with E-state index < -0.39 is 12.0 Å². The Kier molecular flexibility index (Phi) is 6.70. The van der Waals surface area contributed by atoms with E-state index in [1.54, 1.807) is 0 Å². The van der Waals surface area contributed by atoms with Gasteiger partial charge < -0.3 is 22.3 Å². The van der Waals surface area contributed by atoms with Gasteiger partial charge in [0.1, 0.15) is 6.04 Å². The highest BCUT2D eigenvalue weighted by molar-refractivity contribution is 5.72. The van der Waals surface area contributed by atoms with Gasteiger partial charge in [0.25, 0.3) is 0 Å². The summed E-state index contributed by atoms with van der Waals surface area (Å²) in [6.45, 7) is 1.42. The first-order chi connectivity index (χ1) is 4.37. The summed E-state index contributed by atoms with van der Waals surface area (Å²) in [5.41, 5.74) is 13.8. The predicted molar refractivity (Wildman–Crippen MR) is 37.4 cm³/mol. The van der Waals surface area contributed by atoms with Crippen LogP contribution in [0.1, 0.15) is 6.92 Å². The third-order valence-corrected chi connectivity index (χ3v) is 0.390. The van der Waals surface area contributed by atoms with Crippen LogP contribution in [0.4, 0.5) is 0 Å². The summed E-state index contributed by atoms with van der Waals surface area (Å²) >= 11 is 0. The Hall–Kier alpha value is -1.30. The van der Waals surface area contributed by atoms with Crippen molar-refractivity contribution in [3.8, 4) is 0 Å². The minimum Gasteiger partial charge on any atom is -0.480 e. The van der Waals surface area contributed by atoms with E-state index in [0.29, 0.717) is 0 Å². The molecule has 0 spiro atoms. The summed E-state index contributed by atoms with van der Waals surface area (Å²) < 4.78 is 0. The molecule has 0 heterocycles. The van der Waals surface area contributed by atoms with Crippen LogP contribution >= 0.6 is 0 Å². The van der Waals surface area contributed by atoms with Gasteiger partial charge in [-0.15, -0.1) is 0 Å². The minimum absolute atomic E-state index is 0.333. The van der Waals surface area contributed by atoms with Gasteiger partial charge in [0.05, 0.1) is 0 Å². The van der Waals surface area contributed by atoms with Crippen LogP contribution in [-0.2, 0) is 4.79 Å². The summed E-state index contributed by atoms with van der Waals surface area (Å²) in [7, 11) is 0. The molecule has 6 heteroatoms. The highest BCUT2D eigenvalue weighted by Crippen LogP contribution is 1.68. The van der Waals surface area contributed by atoms with Gasteiger partial charge in [-0.1, -0.05) is 0 Å². The zero-order valence-corrected chi connectivity index (χ0v) is 5.66. The van der Waals surface area contributed by atoms with E-state index >= 15 is 0 Å². The Balaban J connectivity index is 0. The van der Waals surface area contributed by atoms with E-state index in [4.69, 9.17) is 16.2 Å². The number of rotatable bonds is 1. The van der Waals surface area contributed by atoms with Gasteiger partial charge >= 0.3 is 5.97 Å². The molecule has 10 heavy (non-hydrogen) atoms. The molecule has 0 saturated heterocycles. The van der Waals surface area contributed by atoms with Crippen molar-refractivity contribution in [2.24, 2.45) is 17.2 Å². The molecule has 0 bridgehead atoms. The van der Waals surface area contributed by atoms with Crippen LogP contribution in [0, 0.1) is 5.41 Å². The Morgan fingerprint density at radius 1 is 1.60 bits per heavy atom. The second-order valence-electron chi connectivity index (χ2n) is 1.58. The van der Waals surface area contributed by atoms with Crippen molar-refractivity contribution in [2.75, 3.05) is 0 Å². The molecule has 1 atom stereocenters. The number of carboxylic acid groups (broad SMARTS) is 1. The molecule has 0 fully saturated rings. The molecule has 0 aliphatic carbocycles. The maximum atomic E-state index is 9.57. The third kappa shape index (κ3) is 29.9. The van der Waals surface area contributed by atoms with Crippen LogP contribution in [0.3, 0.4) is 0 Å². The topological polar surface area (TPSA) is 139 Å². The Morgan fingerprint density at radius 2 is 1.70 bits per heavy atom. The molecule has 0 aliphatic rings. The maximum absolute atomic E-state index is 9.57. The van der Waals surface area contributed by atoms with Gasteiger partial charge in [0, 0.05) is 0 Å². The van der Waals surface area contributed by atoms with Crippen molar-refractivity contribution in [1.29, 1.82) is 5.41 Å². The van der Waals surface area contributed by atoms with E-state index in [-0.39, 0.29) is 5.96 Å². The van der Waals surface area contributed by atoms with E-state index in [1.165, 1.54) is 6.92 Å². The van der Waals surface area contributed by atoms with Gasteiger partial charge in [0.2, 0.25) is 0 Å². The lowest BCUT2D eigenvalue weighted by Crippen LogP contribution is -2.25. The largest absolute Gasteiger partial charge is 0.480 e. The summed E-state index contributed by atoms with van der Waals surface area (Å²) in [6.07, 6.45) is 0. The average Bonchev–Trinajstić information content (AvgIpc) is 1.63. The van der Waals surface area contributed by atoms with E-state index in [9.17, 15) is 4.79 Å². The number of hydrogen-bond acceptors (Lipinski definition) is 3. The Labute approximate surface area is 58.5 Å². The van der Waals surface area contributed by atoms with Crippen LogP contribution in [0.2, 0.25) is 0 Å². The quantitative estimate of drug-likeness (QED) is 0.222. The van der Waals surface area contributed by atoms with Crippen LogP contribution < -0.4 is 17.2 Å². The van der Waals surface area contributed by atoms with Crippen molar-refractivity contribution in [2.45, 2.75) is 13.0 Å². The van der Waals surface area contributed by atoms with E-state index in [2.05, 4.69) is 11.5 Å². The van der Waals surface area contributed by atoms with Crippen molar-refractivity contribution in [3.63, 3.8) is 0 Å². The summed E-state index contributed by atoms with van der Waals surface area (Å²) in [4.78, 5) is 9.57. The fraction of sp³-hybridized carbons (Fsp3) is 0.500. The first kappa shape index (κ1) is 11.5. The van der Waals surface area contributed by atoms with Crippen LogP contribution in [0.5, 0.6) is 0 Å². The fourth-order valence-electron chi connectivity index (χ4n) is 0. The second kappa shape index (κ2) is 5.83. The van der Waals surface area contributed by atoms with Crippen molar-refractivity contribution in [1.82, 2.24) is 0 Å². The van der Waals surface area contributed by atoms with Crippen LogP contribution in [-0.4, -0.2) is 23.1 Å². The van der Waals surface area contributed by atoms with Crippen LogP contribution in [0.15, 0.2) is 0 Å². The van der Waals surface area contributed by atoms with E-state index in [1.807, 2.05) is 0 Å². The first-order valence-electron chi connectivity index (χ1n) is 2.45. The van der Waals surface area contributed by atoms with Gasteiger partial charge in [-0.05, 0) is 6.92 Å². The van der Waals surface area contributed by atoms with Crippen molar-refractivity contribution in [3.05, 3.63) is 0 Å². The lowest BCUT2D eigenvalue weighted by atomic mass is 10.4. The third-order valence-electron chi connectivity index (χ3n) is 0.390.